The number of benzene rings is 2. The Bertz CT molecular complexity index is 1170. The summed E-state index contributed by atoms with van der Waals surface area (Å²) >= 11 is 0. The maximum Gasteiger partial charge on any atom is 0.416 e. The fraction of sp³-hybridized carbons (Fsp3) is 0.320. The molecule has 4 rings (SSSR count). The van der Waals surface area contributed by atoms with Crippen molar-refractivity contribution in [3.8, 4) is 0 Å². The number of halogens is 3. The zero-order valence-corrected chi connectivity index (χ0v) is 18.7. The molecule has 9 heteroatoms. The summed E-state index contributed by atoms with van der Waals surface area (Å²) in [6, 6.07) is 16.3. The van der Waals surface area contributed by atoms with Crippen molar-refractivity contribution < 1.29 is 22.8 Å². The Morgan fingerprint density at radius 2 is 1.79 bits per heavy atom. The summed E-state index contributed by atoms with van der Waals surface area (Å²) in [6.45, 7) is 2.61. The van der Waals surface area contributed by atoms with Gasteiger partial charge in [0, 0.05) is 25.2 Å². The van der Waals surface area contributed by atoms with Crippen LogP contribution >= 0.6 is 0 Å². The van der Waals surface area contributed by atoms with E-state index in [1.54, 1.807) is 6.07 Å². The smallest absolute Gasteiger partial charge is 0.348 e. The van der Waals surface area contributed by atoms with Crippen molar-refractivity contribution in [3.63, 3.8) is 0 Å². The molecule has 0 saturated carbocycles. The molecular formula is C25H25F3N4O2. The molecule has 6 nitrogen and oxygen atoms in total. The van der Waals surface area contributed by atoms with E-state index in [4.69, 9.17) is 0 Å². The van der Waals surface area contributed by atoms with Crippen LogP contribution in [0.15, 0.2) is 60.7 Å². The molecule has 2 aromatic carbocycles. The first kappa shape index (κ1) is 23.5. The van der Waals surface area contributed by atoms with Crippen LogP contribution in [0.1, 0.15) is 51.0 Å². The van der Waals surface area contributed by atoms with Crippen LogP contribution in [0.4, 0.5) is 13.2 Å². The number of amides is 2. The molecule has 0 aliphatic carbocycles. The predicted octanol–water partition coefficient (Wildman–Crippen LogP) is 4.31. The van der Waals surface area contributed by atoms with E-state index in [-0.39, 0.29) is 42.3 Å². The molecule has 2 heterocycles. The average Bonchev–Trinajstić information content (AvgIpc) is 3.25. The molecule has 2 amide bonds. The van der Waals surface area contributed by atoms with Gasteiger partial charge in [-0.25, -0.2) is 0 Å². The lowest BCUT2D eigenvalue weighted by Crippen LogP contribution is -2.39. The quantitative estimate of drug-likeness (QED) is 0.560. The van der Waals surface area contributed by atoms with Crippen molar-refractivity contribution in [3.05, 3.63) is 88.7 Å². The molecular weight excluding hydrogens is 445 g/mol. The van der Waals surface area contributed by atoms with Gasteiger partial charge in [-0.05, 0) is 43.0 Å². The van der Waals surface area contributed by atoms with Gasteiger partial charge in [-0.2, -0.15) is 18.3 Å². The second kappa shape index (κ2) is 9.70. The Balaban J connectivity index is 1.38. The first-order valence-electron chi connectivity index (χ1n) is 11.1. The first-order valence-corrected chi connectivity index (χ1v) is 11.1. The van der Waals surface area contributed by atoms with Gasteiger partial charge in [-0.15, -0.1) is 0 Å². The summed E-state index contributed by atoms with van der Waals surface area (Å²) in [5.41, 5.74) is 1.23. The second-order valence-electron chi connectivity index (χ2n) is 8.46. The highest BCUT2D eigenvalue weighted by atomic mass is 19.4. The van der Waals surface area contributed by atoms with Crippen LogP contribution in [-0.2, 0) is 25.7 Å². The molecule has 0 saturated heterocycles. The number of carbonyl (C=O) groups is 2. The van der Waals surface area contributed by atoms with Crippen molar-refractivity contribution in [2.24, 2.45) is 0 Å². The van der Waals surface area contributed by atoms with Crippen molar-refractivity contribution in [1.29, 1.82) is 0 Å². The van der Waals surface area contributed by atoms with Crippen LogP contribution in [0.3, 0.4) is 0 Å². The van der Waals surface area contributed by atoms with Crippen molar-refractivity contribution >= 4 is 11.8 Å². The van der Waals surface area contributed by atoms with Gasteiger partial charge < -0.3 is 10.2 Å². The Hall–Kier alpha value is -3.62. The minimum atomic E-state index is -4.44. The van der Waals surface area contributed by atoms with Crippen LogP contribution in [0.5, 0.6) is 0 Å². The third kappa shape index (κ3) is 5.47. The summed E-state index contributed by atoms with van der Waals surface area (Å²) in [5.74, 6) is -0.730. The number of aromatic nitrogens is 2. The van der Waals surface area contributed by atoms with Gasteiger partial charge >= 0.3 is 6.18 Å². The third-order valence-corrected chi connectivity index (χ3v) is 5.81. The molecule has 0 fully saturated rings. The Kier molecular flexibility index (Phi) is 6.72. The second-order valence-corrected chi connectivity index (χ2v) is 8.46. The SMILES string of the molecule is C[C@@H](CCc1ccccc1)NC(=O)c1cc2n(n1)CCN(Cc1cccc(C(F)(F)F)c1)C2=O. The van der Waals surface area contributed by atoms with Crippen LogP contribution in [-0.4, -0.2) is 39.1 Å². The molecule has 1 aliphatic rings. The van der Waals surface area contributed by atoms with Crippen molar-refractivity contribution in [1.82, 2.24) is 20.0 Å². The summed E-state index contributed by atoms with van der Waals surface area (Å²) < 4.78 is 40.5. The molecule has 34 heavy (non-hydrogen) atoms. The molecule has 0 spiro atoms. The lowest BCUT2D eigenvalue weighted by molar-refractivity contribution is -0.137. The minimum absolute atomic E-state index is 0.0476. The van der Waals surface area contributed by atoms with E-state index < -0.39 is 11.7 Å². The van der Waals surface area contributed by atoms with E-state index in [2.05, 4.69) is 10.4 Å². The van der Waals surface area contributed by atoms with Gasteiger partial charge in [0.25, 0.3) is 11.8 Å². The van der Waals surface area contributed by atoms with E-state index in [0.717, 1.165) is 25.0 Å². The Labute approximate surface area is 195 Å². The summed E-state index contributed by atoms with van der Waals surface area (Å²) in [6.07, 6.45) is -2.86. The first-order chi connectivity index (χ1) is 16.2. The molecule has 1 N–H and O–H groups in total. The normalized spacial score (nSPS) is 14.6. The van der Waals surface area contributed by atoms with Gasteiger partial charge in [-0.1, -0.05) is 42.5 Å². The molecule has 0 bridgehead atoms. The number of nitrogens with one attached hydrogen (secondary N) is 1. The number of hydrogen-bond acceptors (Lipinski definition) is 3. The maximum absolute atomic E-state index is 13.0. The Morgan fingerprint density at radius 3 is 2.53 bits per heavy atom. The van der Waals surface area contributed by atoms with Crippen molar-refractivity contribution in [2.75, 3.05) is 6.54 Å². The summed E-state index contributed by atoms with van der Waals surface area (Å²) in [4.78, 5) is 27.1. The van der Waals surface area contributed by atoms with E-state index in [1.807, 2.05) is 37.3 Å². The average molecular weight is 470 g/mol. The fourth-order valence-corrected chi connectivity index (χ4v) is 3.96. The fourth-order valence-electron chi connectivity index (χ4n) is 3.96. The van der Waals surface area contributed by atoms with Gasteiger partial charge in [0.2, 0.25) is 0 Å². The molecule has 0 unspecified atom stereocenters. The van der Waals surface area contributed by atoms with Crippen LogP contribution in [0.25, 0.3) is 0 Å². The van der Waals surface area contributed by atoms with Gasteiger partial charge in [0.05, 0.1) is 12.1 Å². The number of alkyl halides is 3. The standard InChI is InChI=1S/C25H25F3N4O2/c1-17(10-11-18-6-3-2-4-7-18)29-23(33)21-15-22-24(34)31(12-13-32(22)30-21)16-19-8-5-9-20(14-19)25(26,27)28/h2-9,14-15,17H,10-13,16H2,1H3,(H,29,33)/t17-/m0/s1. The third-order valence-electron chi connectivity index (χ3n) is 5.81. The molecule has 0 radical (unpaired) electrons. The maximum atomic E-state index is 13.0. The zero-order valence-electron chi connectivity index (χ0n) is 18.7. The van der Waals surface area contributed by atoms with E-state index in [1.165, 1.54) is 27.3 Å². The van der Waals surface area contributed by atoms with Crippen LogP contribution in [0, 0.1) is 0 Å². The van der Waals surface area contributed by atoms with Crippen LogP contribution in [0.2, 0.25) is 0 Å². The molecule has 3 aromatic rings. The summed E-state index contributed by atoms with van der Waals surface area (Å²) in [5, 5.41) is 7.18. The number of carbonyl (C=O) groups excluding carboxylic acids is 2. The minimum Gasteiger partial charge on any atom is -0.348 e. The van der Waals surface area contributed by atoms with Crippen LogP contribution < -0.4 is 5.32 Å². The highest BCUT2D eigenvalue weighted by molar-refractivity contribution is 5.98. The number of nitrogens with zero attached hydrogens (tertiary/aromatic N) is 3. The number of rotatable bonds is 7. The van der Waals surface area contributed by atoms with Gasteiger partial charge in [0.15, 0.2) is 5.69 Å². The van der Waals surface area contributed by atoms with Gasteiger partial charge in [0.1, 0.15) is 5.69 Å². The Morgan fingerprint density at radius 1 is 1.06 bits per heavy atom. The number of hydrogen-bond donors (Lipinski definition) is 1. The zero-order chi connectivity index (χ0) is 24.3. The van der Waals surface area contributed by atoms with E-state index in [9.17, 15) is 22.8 Å². The largest absolute Gasteiger partial charge is 0.416 e. The monoisotopic (exact) mass is 470 g/mol. The topological polar surface area (TPSA) is 67.2 Å². The predicted molar refractivity (Wildman–Crippen MR) is 120 cm³/mol. The van der Waals surface area contributed by atoms with Gasteiger partial charge in [-0.3, -0.25) is 14.3 Å². The van der Waals surface area contributed by atoms with E-state index in [0.29, 0.717) is 12.1 Å². The lowest BCUT2D eigenvalue weighted by Gasteiger charge is -2.27. The molecule has 1 atom stereocenters. The molecule has 178 valence electrons. The lowest BCUT2D eigenvalue weighted by atomic mass is 10.1. The van der Waals surface area contributed by atoms with Crippen molar-refractivity contribution in [2.45, 2.75) is 45.1 Å². The highest BCUT2D eigenvalue weighted by Gasteiger charge is 2.32. The number of aryl methyl sites for hydroxylation is 1. The van der Waals surface area contributed by atoms with E-state index >= 15 is 0 Å². The molecule has 1 aromatic heterocycles. The molecule has 1 aliphatic heterocycles. The summed E-state index contributed by atoms with van der Waals surface area (Å²) in [7, 11) is 0. The number of fused-ring (bicyclic) bond motifs is 1. The highest BCUT2D eigenvalue weighted by Crippen LogP contribution is 2.30.